The molecule has 1 aliphatic heterocycles. The average molecular weight is 577 g/mol. The Morgan fingerprint density at radius 2 is 1.67 bits per heavy atom. The number of aryl methyl sites for hydroxylation is 1. The zero-order valence-corrected chi connectivity index (χ0v) is 23.3. The van der Waals surface area contributed by atoms with E-state index < -0.39 is 6.36 Å². The van der Waals surface area contributed by atoms with E-state index >= 15 is 0 Å². The molecular weight excluding hydrogens is 545 g/mol. The van der Waals surface area contributed by atoms with Gasteiger partial charge in [0.1, 0.15) is 5.75 Å². The predicted octanol–water partition coefficient (Wildman–Crippen LogP) is 6.09. The highest BCUT2D eigenvalue weighted by Crippen LogP contribution is 2.26. The predicted molar refractivity (Wildman–Crippen MR) is 156 cm³/mol. The Labute approximate surface area is 242 Å². The van der Waals surface area contributed by atoms with E-state index in [0.29, 0.717) is 28.5 Å². The van der Waals surface area contributed by atoms with Crippen LogP contribution in [0.25, 0.3) is 11.3 Å². The molecule has 0 radical (unpaired) electrons. The van der Waals surface area contributed by atoms with Crippen molar-refractivity contribution in [2.24, 2.45) is 0 Å². The van der Waals surface area contributed by atoms with Gasteiger partial charge in [-0.1, -0.05) is 12.1 Å². The molecular formula is C31H31F3N6O2. The Bertz CT molecular complexity index is 1520. The molecule has 1 fully saturated rings. The van der Waals surface area contributed by atoms with E-state index in [0.717, 1.165) is 49.5 Å². The van der Waals surface area contributed by atoms with Crippen molar-refractivity contribution in [1.29, 1.82) is 0 Å². The van der Waals surface area contributed by atoms with Crippen LogP contribution in [0.5, 0.6) is 5.75 Å². The average Bonchev–Trinajstić information content (AvgIpc) is 2.96. The molecule has 1 aliphatic rings. The SMILES string of the molecule is Cc1ccc(CN2CCN(C)CC2)cc1NC(=O)c1ccc(Nc2nccc(-c3ccc(OC(F)(F)F)cc3)n2)cc1. The quantitative estimate of drug-likeness (QED) is 0.263. The van der Waals surface area contributed by atoms with Crippen LogP contribution in [0.4, 0.5) is 30.5 Å². The second-order valence-corrected chi connectivity index (χ2v) is 10.2. The van der Waals surface area contributed by atoms with Crippen molar-refractivity contribution in [2.45, 2.75) is 19.8 Å². The van der Waals surface area contributed by atoms with Gasteiger partial charge in [-0.15, -0.1) is 13.2 Å². The van der Waals surface area contributed by atoms with Gasteiger partial charge in [0.15, 0.2) is 0 Å². The molecule has 0 atom stereocenters. The Balaban J connectivity index is 1.20. The molecule has 0 bridgehead atoms. The number of alkyl halides is 3. The van der Waals surface area contributed by atoms with Crippen molar-refractivity contribution in [3.63, 3.8) is 0 Å². The Morgan fingerprint density at radius 1 is 0.952 bits per heavy atom. The van der Waals surface area contributed by atoms with E-state index in [9.17, 15) is 18.0 Å². The summed E-state index contributed by atoms with van der Waals surface area (Å²) in [7, 11) is 2.14. The molecule has 0 aliphatic carbocycles. The monoisotopic (exact) mass is 576 g/mol. The molecule has 2 heterocycles. The summed E-state index contributed by atoms with van der Waals surface area (Å²) < 4.78 is 41.2. The largest absolute Gasteiger partial charge is 0.573 e. The van der Waals surface area contributed by atoms with Gasteiger partial charge < -0.3 is 20.3 Å². The maximum atomic E-state index is 13.0. The molecule has 3 aromatic carbocycles. The van der Waals surface area contributed by atoms with Gasteiger partial charge in [0.25, 0.3) is 5.91 Å². The van der Waals surface area contributed by atoms with Crippen LogP contribution in [0.3, 0.4) is 0 Å². The van der Waals surface area contributed by atoms with Gasteiger partial charge in [-0.05, 0) is 85.8 Å². The number of benzene rings is 3. The standard InChI is InChI=1S/C31H31F3N6O2/c1-21-3-4-22(20-40-17-15-39(2)16-18-40)19-28(21)37-29(41)24-5-9-25(10-6-24)36-30-35-14-13-27(38-30)23-7-11-26(12-8-23)42-31(32,33)34/h3-14,19H,15-18,20H2,1-2H3,(H,37,41)(H,35,36,38). The first-order valence-corrected chi connectivity index (χ1v) is 13.5. The summed E-state index contributed by atoms with van der Waals surface area (Å²) in [5.41, 5.74) is 5.23. The third-order valence-electron chi connectivity index (χ3n) is 6.99. The number of hydrogen-bond donors (Lipinski definition) is 2. The number of halogens is 3. The maximum Gasteiger partial charge on any atom is 0.573 e. The molecule has 8 nitrogen and oxygen atoms in total. The number of amides is 1. The molecule has 0 saturated carbocycles. The first kappa shape index (κ1) is 29.0. The van der Waals surface area contributed by atoms with Crippen LogP contribution >= 0.6 is 0 Å². The molecule has 0 unspecified atom stereocenters. The summed E-state index contributed by atoms with van der Waals surface area (Å²) in [6.07, 6.45) is -3.20. The summed E-state index contributed by atoms with van der Waals surface area (Å²) in [5.74, 6) is -0.220. The lowest BCUT2D eigenvalue weighted by Gasteiger charge is -2.32. The zero-order valence-electron chi connectivity index (χ0n) is 23.3. The molecule has 1 saturated heterocycles. The van der Waals surface area contributed by atoms with Gasteiger partial charge in [-0.25, -0.2) is 9.97 Å². The van der Waals surface area contributed by atoms with Crippen LogP contribution in [-0.4, -0.2) is 65.3 Å². The van der Waals surface area contributed by atoms with Crippen LogP contribution in [0.15, 0.2) is 79.0 Å². The zero-order chi connectivity index (χ0) is 29.7. The van der Waals surface area contributed by atoms with Gasteiger partial charge in [-0.2, -0.15) is 0 Å². The first-order valence-electron chi connectivity index (χ1n) is 13.5. The topological polar surface area (TPSA) is 82.6 Å². The molecule has 218 valence electrons. The summed E-state index contributed by atoms with van der Waals surface area (Å²) in [6.45, 7) is 6.97. The van der Waals surface area contributed by atoms with Gasteiger partial charge >= 0.3 is 6.36 Å². The van der Waals surface area contributed by atoms with E-state index in [1.165, 1.54) is 24.3 Å². The lowest BCUT2D eigenvalue weighted by molar-refractivity contribution is -0.274. The number of piperazine rings is 1. The number of likely N-dealkylation sites (N-methyl/N-ethyl adjacent to an activating group) is 1. The summed E-state index contributed by atoms with van der Waals surface area (Å²) in [4.78, 5) is 26.4. The van der Waals surface area contributed by atoms with Crippen LogP contribution < -0.4 is 15.4 Å². The number of nitrogens with zero attached hydrogens (tertiary/aromatic N) is 4. The molecule has 1 aromatic heterocycles. The van der Waals surface area contributed by atoms with Crippen LogP contribution in [0.1, 0.15) is 21.5 Å². The Hall–Kier alpha value is -4.48. The molecule has 2 N–H and O–H groups in total. The number of ether oxygens (including phenoxy) is 1. The van der Waals surface area contributed by atoms with Crippen LogP contribution in [0, 0.1) is 6.92 Å². The molecule has 42 heavy (non-hydrogen) atoms. The second-order valence-electron chi connectivity index (χ2n) is 10.2. The van der Waals surface area contributed by atoms with Crippen molar-refractivity contribution in [3.05, 3.63) is 95.7 Å². The lowest BCUT2D eigenvalue weighted by atomic mass is 10.1. The smallest absolute Gasteiger partial charge is 0.406 e. The maximum absolute atomic E-state index is 13.0. The van der Waals surface area contributed by atoms with E-state index in [1.807, 2.05) is 19.1 Å². The number of rotatable bonds is 8. The minimum Gasteiger partial charge on any atom is -0.406 e. The molecule has 4 aromatic rings. The van der Waals surface area contributed by atoms with Crippen molar-refractivity contribution in [2.75, 3.05) is 43.9 Å². The number of hydrogen-bond acceptors (Lipinski definition) is 7. The molecule has 0 spiro atoms. The second kappa shape index (κ2) is 12.6. The van der Waals surface area contributed by atoms with Gasteiger partial charge in [-0.3, -0.25) is 9.69 Å². The summed E-state index contributed by atoms with van der Waals surface area (Å²) >= 11 is 0. The third kappa shape index (κ3) is 7.83. The number of aromatic nitrogens is 2. The number of carbonyl (C=O) groups is 1. The fraction of sp³-hybridized carbons (Fsp3) is 0.258. The highest BCUT2D eigenvalue weighted by molar-refractivity contribution is 6.04. The number of anilines is 3. The summed E-state index contributed by atoms with van der Waals surface area (Å²) in [6, 6.07) is 20.2. The number of nitrogens with one attached hydrogen (secondary N) is 2. The fourth-order valence-corrected chi connectivity index (χ4v) is 4.60. The highest BCUT2D eigenvalue weighted by atomic mass is 19.4. The van der Waals surface area contributed by atoms with Crippen molar-refractivity contribution in [1.82, 2.24) is 19.8 Å². The van der Waals surface area contributed by atoms with E-state index in [4.69, 9.17) is 0 Å². The molecule has 5 rings (SSSR count). The van der Waals surface area contributed by atoms with Gasteiger partial charge in [0, 0.05) is 61.4 Å². The molecule has 11 heteroatoms. The van der Waals surface area contributed by atoms with Gasteiger partial charge in [0.05, 0.1) is 5.69 Å². The van der Waals surface area contributed by atoms with E-state index in [2.05, 4.69) is 48.3 Å². The minimum atomic E-state index is -4.75. The van der Waals surface area contributed by atoms with Crippen LogP contribution in [-0.2, 0) is 6.54 Å². The lowest BCUT2D eigenvalue weighted by Crippen LogP contribution is -2.43. The number of carbonyl (C=O) groups excluding carboxylic acids is 1. The van der Waals surface area contributed by atoms with Gasteiger partial charge in [0.2, 0.25) is 5.95 Å². The summed E-state index contributed by atoms with van der Waals surface area (Å²) in [5, 5.41) is 6.14. The van der Waals surface area contributed by atoms with Crippen LogP contribution in [0.2, 0.25) is 0 Å². The first-order chi connectivity index (χ1) is 20.1. The third-order valence-corrected chi connectivity index (χ3v) is 6.99. The fourth-order valence-electron chi connectivity index (χ4n) is 4.60. The van der Waals surface area contributed by atoms with Crippen molar-refractivity contribution < 1.29 is 22.7 Å². The molecule has 1 amide bonds. The van der Waals surface area contributed by atoms with Crippen molar-refractivity contribution >= 4 is 23.2 Å². The van der Waals surface area contributed by atoms with Crippen molar-refractivity contribution in [3.8, 4) is 17.0 Å². The minimum absolute atomic E-state index is 0.211. The Morgan fingerprint density at radius 3 is 2.36 bits per heavy atom. The van der Waals surface area contributed by atoms with E-state index in [-0.39, 0.29) is 11.7 Å². The normalized spacial score (nSPS) is 14.4. The van der Waals surface area contributed by atoms with E-state index in [1.54, 1.807) is 36.5 Å². The highest BCUT2D eigenvalue weighted by Gasteiger charge is 2.31. The Kier molecular flexibility index (Phi) is 8.69.